The van der Waals surface area contributed by atoms with Crippen LogP contribution in [0.1, 0.15) is 90.4 Å². The number of methoxy groups -OCH3 is 1. The monoisotopic (exact) mass is 295 g/mol. The lowest BCUT2D eigenvalue weighted by Gasteiger charge is -2.12. The van der Waals surface area contributed by atoms with Gasteiger partial charge in [0, 0.05) is 13.5 Å². The molecular formula is C19H35O2. The molecule has 0 spiro atoms. The summed E-state index contributed by atoms with van der Waals surface area (Å²) in [6, 6.07) is 0. The van der Waals surface area contributed by atoms with E-state index in [1.807, 2.05) is 6.29 Å². The third kappa shape index (κ3) is 15.6. The first-order chi connectivity index (χ1) is 10.3. The Hall–Kier alpha value is -0.630. The van der Waals surface area contributed by atoms with Gasteiger partial charge in [-0.05, 0) is 38.5 Å². The quantitative estimate of drug-likeness (QED) is 0.267. The zero-order valence-electron chi connectivity index (χ0n) is 14.2. The van der Waals surface area contributed by atoms with Gasteiger partial charge in [0.15, 0.2) is 6.29 Å². The van der Waals surface area contributed by atoms with Gasteiger partial charge in [-0.3, -0.25) is 4.79 Å². The van der Waals surface area contributed by atoms with Gasteiger partial charge in [-0.25, -0.2) is 0 Å². The summed E-state index contributed by atoms with van der Waals surface area (Å²) in [5.41, 5.74) is 0. The van der Waals surface area contributed by atoms with Crippen LogP contribution in [0.15, 0.2) is 12.2 Å². The third-order valence-corrected chi connectivity index (χ3v) is 3.94. The molecule has 0 saturated carbocycles. The summed E-state index contributed by atoms with van der Waals surface area (Å²) in [7, 11) is 1.73. The van der Waals surface area contributed by atoms with Crippen molar-refractivity contribution in [2.75, 3.05) is 7.11 Å². The van der Waals surface area contributed by atoms with Crippen LogP contribution in [-0.2, 0) is 9.53 Å². The smallest absolute Gasteiger partial charge is 0.198 e. The van der Waals surface area contributed by atoms with Crippen LogP contribution < -0.4 is 0 Å². The lowest BCUT2D eigenvalue weighted by molar-refractivity contribution is 0.0874. The molecule has 2 heteroatoms. The van der Waals surface area contributed by atoms with E-state index in [0.29, 0.717) is 6.42 Å². The van der Waals surface area contributed by atoms with Crippen molar-refractivity contribution in [3.63, 3.8) is 0 Å². The van der Waals surface area contributed by atoms with Crippen molar-refractivity contribution in [3.05, 3.63) is 12.2 Å². The number of allylic oxidation sites excluding steroid dienone is 2. The molecule has 0 aliphatic heterocycles. The van der Waals surface area contributed by atoms with Gasteiger partial charge in [-0.1, -0.05) is 57.6 Å². The first-order valence-corrected chi connectivity index (χ1v) is 8.88. The number of hydrogen-bond acceptors (Lipinski definition) is 2. The zero-order chi connectivity index (χ0) is 15.6. The fourth-order valence-electron chi connectivity index (χ4n) is 2.51. The topological polar surface area (TPSA) is 26.3 Å². The van der Waals surface area contributed by atoms with E-state index < -0.39 is 0 Å². The van der Waals surface area contributed by atoms with Crippen molar-refractivity contribution in [2.24, 2.45) is 0 Å². The molecule has 21 heavy (non-hydrogen) atoms. The van der Waals surface area contributed by atoms with E-state index in [1.54, 1.807) is 7.11 Å². The lowest BCUT2D eigenvalue weighted by Crippen LogP contribution is -2.10. The highest BCUT2D eigenvalue weighted by Gasteiger charge is 2.05. The summed E-state index contributed by atoms with van der Waals surface area (Å²) < 4.78 is 5.36. The summed E-state index contributed by atoms with van der Waals surface area (Å²) in [6.45, 7) is 2.26. The lowest BCUT2D eigenvalue weighted by atomic mass is 10.1. The Morgan fingerprint density at radius 2 is 1.52 bits per heavy atom. The molecule has 123 valence electrons. The van der Waals surface area contributed by atoms with E-state index >= 15 is 0 Å². The van der Waals surface area contributed by atoms with Crippen molar-refractivity contribution in [1.29, 1.82) is 0 Å². The number of hydrogen-bond donors (Lipinski definition) is 0. The molecule has 0 saturated heterocycles. The highest BCUT2D eigenvalue weighted by atomic mass is 16.5. The second kappa shape index (κ2) is 17.4. The van der Waals surface area contributed by atoms with E-state index in [-0.39, 0.29) is 6.10 Å². The largest absolute Gasteiger partial charge is 0.381 e. The molecule has 2 nitrogen and oxygen atoms in total. The van der Waals surface area contributed by atoms with Crippen LogP contribution in [0.25, 0.3) is 0 Å². The molecule has 0 fully saturated rings. The molecule has 0 aromatic carbocycles. The SMILES string of the molecule is CCCCCCCC/C=C\CCCCC(CC[C]=O)OC. The molecule has 0 bridgehead atoms. The number of rotatable bonds is 16. The van der Waals surface area contributed by atoms with Crippen molar-refractivity contribution in [3.8, 4) is 0 Å². The minimum atomic E-state index is 0.235. The molecule has 0 heterocycles. The van der Waals surface area contributed by atoms with Crippen LogP contribution in [0.4, 0.5) is 0 Å². The standard InChI is InChI=1S/C19H35O2/c1-3-4-5-6-7-8-9-10-11-12-13-14-16-19(21-2)17-15-18-20/h10-11,19H,3-9,12-17H2,1-2H3/b11-10-. The van der Waals surface area contributed by atoms with Gasteiger partial charge in [0.2, 0.25) is 0 Å². The predicted octanol–water partition coefficient (Wildman–Crippen LogP) is 5.76. The van der Waals surface area contributed by atoms with Crippen LogP contribution >= 0.6 is 0 Å². The Morgan fingerprint density at radius 1 is 0.905 bits per heavy atom. The average molecular weight is 295 g/mol. The van der Waals surface area contributed by atoms with Gasteiger partial charge in [0.1, 0.15) is 0 Å². The van der Waals surface area contributed by atoms with Crippen molar-refractivity contribution in [2.45, 2.75) is 96.5 Å². The highest BCUT2D eigenvalue weighted by molar-refractivity contribution is 5.50. The molecule has 0 amide bonds. The Bertz CT molecular complexity index is 236. The minimum absolute atomic E-state index is 0.235. The van der Waals surface area contributed by atoms with Crippen LogP contribution in [0.5, 0.6) is 0 Å². The Kier molecular flexibility index (Phi) is 16.9. The van der Waals surface area contributed by atoms with Crippen LogP contribution in [0.3, 0.4) is 0 Å². The molecular weight excluding hydrogens is 260 g/mol. The maximum atomic E-state index is 10.2. The molecule has 1 radical (unpaired) electrons. The fourth-order valence-corrected chi connectivity index (χ4v) is 2.51. The summed E-state index contributed by atoms with van der Waals surface area (Å²) >= 11 is 0. The van der Waals surface area contributed by atoms with Gasteiger partial charge in [-0.2, -0.15) is 0 Å². The third-order valence-electron chi connectivity index (χ3n) is 3.94. The molecule has 0 aromatic heterocycles. The molecule has 0 aliphatic rings. The zero-order valence-corrected chi connectivity index (χ0v) is 14.2. The van der Waals surface area contributed by atoms with Gasteiger partial charge in [0.05, 0.1) is 6.10 Å². The normalized spacial score (nSPS) is 12.9. The van der Waals surface area contributed by atoms with Crippen molar-refractivity contribution < 1.29 is 9.53 Å². The molecule has 0 aromatic rings. The van der Waals surface area contributed by atoms with Crippen molar-refractivity contribution in [1.82, 2.24) is 0 Å². The number of unbranched alkanes of at least 4 members (excludes halogenated alkanes) is 8. The maximum absolute atomic E-state index is 10.2. The first kappa shape index (κ1) is 20.4. The minimum Gasteiger partial charge on any atom is -0.381 e. The average Bonchev–Trinajstić information content (AvgIpc) is 2.51. The van der Waals surface area contributed by atoms with E-state index in [2.05, 4.69) is 19.1 Å². The first-order valence-electron chi connectivity index (χ1n) is 8.88. The molecule has 1 unspecified atom stereocenters. The molecule has 0 aliphatic carbocycles. The van der Waals surface area contributed by atoms with Crippen LogP contribution in [0.2, 0.25) is 0 Å². The van der Waals surface area contributed by atoms with Gasteiger partial charge >= 0.3 is 0 Å². The summed E-state index contributed by atoms with van der Waals surface area (Å²) in [5.74, 6) is 0. The molecule has 0 rings (SSSR count). The van der Waals surface area contributed by atoms with E-state index in [0.717, 1.165) is 12.8 Å². The summed E-state index contributed by atoms with van der Waals surface area (Å²) in [4.78, 5) is 10.2. The summed E-state index contributed by atoms with van der Waals surface area (Å²) in [5, 5.41) is 0. The Balaban J connectivity index is 3.29. The van der Waals surface area contributed by atoms with E-state index in [9.17, 15) is 4.79 Å². The van der Waals surface area contributed by atoms with Crippen LogP contribution in [-0.4, -0.2) is 19.5 Å². The predicted molar refractivity (Wildman–Crippen MR) is 91.3 cm³/mol. The highest BCUT2D eigenvalue weighted by Crippen LogP contribution is 2.12. The van der Waals surface area contributed by atoms with E-state index in [1.165, 1.54) is 64.2 Å². The maximum Gasteiger partial charge on any atom is 0.198 e. The van der Waals surface area contributed by atoms with E-state index in [4.69, 9.17) is 4.74 Å². The van der Waals surface area contributed by atoms with Crippen LogP contribution in [0, 0.1) is 0 Å². The van der Waals surface area contributed by atoms with Gasteiger partial charge in [-0.15, -0.1) is 0 Å². The number of carbonyl (C=O) groups excluding carboxylic acids is 1. The number of ether oxygens (including phenoxy) is 1. The second-order valence-electron chi connectivity index (χ2n) is 5.85. The second-order valence-corrected chi connectivity index (χ2v) is 5.85. The molecule has 1 atom stereocenters. The Morgan fingerprint density at radius 3 is 2.14 bits per heavy atom. The van der Waals surface area contributed by atoms with Crippen molar-refractivity contribution >= 4 is 6.29 Å². The molecule has 0 N–H and O–H groups in total. The van der Waals surface area contributed by atoms with Gasteiger partial charge in [0.25, 0.3) is 0 Å². The Labute approximate surface area is 132 Å². The van der Waals surface area contributed by atoms with Gasteiger partial charge < -0.3 is 4.74 Å². The fraction of sp³-hybridized carbons (Fsp3) is 0.842. The summed E-state index contributed by atoms with van der Waals surface area (Å²) in [6.07, 6.45) is 22.3.